The van der Waals surface area contributed by atoms with E-state index in [0.717, 1.165) is 0 Å². The first-order valence-corrected chi connectivity index (χ1v) is 7.32. The van der Waals surface area contributed by atoms with Crippen molar-refractivity contribution in [2.75, 3.05) is 13.7 Å². The summed E-state index contributed by atoms with van der Waals surface area (Å²) in [5.74, 6) is 0. The lowest BCUT2D eigenvalue weighted by molar-refractivity contribution is -0.359. The van der Waals surface area contributed by atoms with E-state index >= 15 is 0 Å². The van der Waals surface area contributed by atoms with Crippen LogP contribution in [-0.2, 0) is 18.9 Å². The molecule has 0 bridgehead atoms. The Hall–Kier alpha value is -0.400. The first-order valence-electron chi connectivity index (χ1n) is 7.32. The summed E-state index contributed by atoms with van der Waals surface area (Å²) in [7, 11) is 1.30. The molecular formula is C13H24O10. The average molecular weight is 340 g/mol. The summed E-state index contributed by atoms with van der Waals surface area (Å²) in [6.45, 7) is 0.944. The molecule has 10 heteroatoms. The molecule has 0 saturated carbocycles. The van der Waals surface area contributed by atoms with E-state index in [2.05, 4.69) is 0 Å². The lowest BCUT2D eigenvalue weighted by Crippen LogP contribution is -2.63. The fourth-order valence-corrected chi connectivity index (χ4v) is 2.76. The van der Waals surface area contributed by atoms with E-state index < -0.39 is 68.0 Å². The van der Waals surface area contributed by atoms with E-state index in [4.69, 9.17) is 24.1 Å². The lowest BCUT2D eigenvalue weighted by atomic mass is 9.97. The van der Waals surface area contributed by atoms with Gasteiger partial charge < -0.3 is 49.6 Å². The average Bonchev–Trinajstić information content (AvgIpc) is 2.52. The van der Waals surface area contributed by atoms with Crippen LogP contribution >= 0.6 is 0 Å². The molecule has 0 spiro atoms. The van der Waals surface area contributed by atoms with Crippen molar-refractivity contribution in [3.05, 3.63) is 0 Å². The van der Waals surface area contributed by atoms with Crippen LogP contribution in [0.1, 0.15) is 6.92 Å². The zero-order valence-corrected chi connectivity index (χ0v) is 12.8. The second-order valence-electron chi connectivity index (χ2n) is 5.72. The van der Waals surface area contributed by atoms with E-state index in [9.17, 15) is 25.5 Å². The van der Waals surface area contributed by atoms with E-state index in [1.165, 1.54) is 7.11 Å². The summed E-state index contributed by atoms with van der Waals surface area (Å²) < 4.78 is 20.7. The van der Waals surface area contributed by atoms with E-state index in [-0.39, 0.29) is 0 Å². The van der Waals surface area contributed by atoms with Crippen LogP contribution in [0, 0.1) is 0 Å². The normalized spacial score (nSPS) is 51.7. The Morgan fingerprint density at radius 1 is 0.870 bits per heavy atom. The molecular weight excluding hydrogens is 316 g/mol. The SMILES string of the molecule is CO[C@H]1[C@H](O)[C@H](O[C@@H]2[C@@H](O)[C@@H](O)[C@@H](CO)O[C@H]2O)O[C@@H](C)[C@H]1O. The highest BCUT2D eigenvalue weighted by atomic mass is 16.7. The predicted octanol–water partition coefficient (Wildman–Crippen LogP) is -3.72. The maximum atomic E-state index is 10.1. The first-order chi connectivity index (χ1) is 10.8. The summed E-state index contributed by atoms with van der Waals surface area (Å²) in [5, 5.41) is 58.8. The van der Waals surface area contributed by atoms with Crippen LogP contribution < -0.4 is 0 Å². The monoisotopic (exact) mass is 340 g/mol. The third kappa shape index (κ3) is 3.66. The van der Waals surface area contributed by atoms with Gasteiger partial charge in [0.25, 0.3) is 0 Å². The summed E-state index contributed by atoms with van der Waals surface area (Å²) >= 11 is 0. The first kappa shape index (κ1) is 18.9. The van der Waals surface area contributed by atoms with Crippen LogP contribution in [0.25, 0.3) is 0 Å². The lowest BCUT2D eigenvalue weighted by Gasteiger charge is -2.45. The minimum atomic E-state index is -1.65. The topological polar surface area (TPSA) is 158 Å². The Kier molecular flexibility index (Phi) is 6.30. The second-order valence-corrected chi connectivity index (χ2v) is 5.72. The molecule has 23 heavy (non-hydrogen) atoms. The van der Waals surface area contributed by atoms with Gasteiger partial charge in [0.2, 0.25) is 0 Å². The highest BCUT2D eigenvalue weighted by molar-refractivity contribution is 4.93. The number of ether oxygens (including phenoxy) is 4. The van der Waals surface area contributed by atoms with Crippen LogP contribution in [0.2, 0.25) is 0 Å². The van der Waals surface area contributed by atoms with Gasteiger partial charge in [-0.1, -0.05) is 0 Å². The summed E-state index contributed by atoms with van der Waals surface area (Å²) in [5.41, 5.74) is 0. The number of rotatable bonds is 4. The smallest absolute Gasteiger partial charge is 0.187 e. The zero-order chi connectivity index (χ0) is 17.3. The quantitative estimate of drug-likeness (QED) is 0.300. The van der Waals surface area contributed by atoms with Crippen LogP contribution in [0.15, 0.2) is 0 Å². The highest BCUT2D eigenvalue weighted by Gasteiger charge is 2.49. The highest BCUT2D eigenvalue weighted by Crippen LogP contribution is 2.29. The number of hydrogen-bond acceptors (Lipinski definition) is 10. The summed E-state index contributed by atoms with van der Waals surface area (Å²) in [6, 6.07) is 0. The minimum Gasteiger partial charge on any atom is -0.394 e. The van der Waals surface area contributed by atoms with Gasteiger partial charge in [-0.2, -0.15) is 0 Å². The fraction of sp³-hybridized carbons (Fsp3) is 1.00. The van der Waals surface area contributed by atoms with Gasteiger partial charge in [0.1, 0.15) is 42.7 Å². The Balaban J connectivity index is 2.08. The third-order valence-electron chi connectivity index (χ3n) is 4.19. The van der Waals surface area contributed by atoms with Crippen LogP contribution in [0.4, 0.5) is 0 Å². The van der Waals surface area contributed by atoms with Gasteiger partial charge in [0.05, 0.1) is 12.7 Å². The van der Waals surface area contributed by atoms with Gasteiger partial charge >= 0.3 is 0 Å². The second kappa shape index (κ2) is 7.66. The van der Waals surface area contributed by atoms with Crippen molar-refractivity contribution in [1.29, 1.82) is 0 Å². The van der Waals surface area contributed by atoms with Crippen molar-refractivity contribution in [1.82, 2.24) is 0 Å². The molecule has 0 aromatic heterocycles. The number of aliphatic hydroxyl groups excluding tert-OH is 6. The van der Waals surface area contributed by atoms with Crippen LogP contribution in [0.5, 0.6) is 0 Å². The standard InChI is InChI=1S/C13H24O10/c1-4-6(15)10(20-2)9(18)13(21-4)23-11-8(17)7(16)5(3-14)22-12(11)19/h4-19H,3H2,1-2H3/t4-,5+,6+,7-,8-,9-,10+,11+,12+,13-/m0/s1. The minimum absolute atomic E-state index is 0.598. The molecule has 0 amide bonds. The molecule has 2 aliphatic rings. The molecule has 2 saturated heterocycles. The third-order valence-corrected chi connectivity index (χ3v) is 4.19. The van der Waals surface area contributed by atoms with Crippen molar-refractivity contribution in [3.8, 4) is 0 Å². The van der Waals surface area contributed by atoms with Gasteiger partial charge in [-0.15, -0.1) is 0 Å². The van der Waals surface area contributed by atoms with Crippen molar-refractivity contribution in [3.63, 3.8) is 0 Å². The van der Waals surface area contributed by atoms with E-state index in [0.29, 0.717) is 0 Å². The maximum Gasteiger partial charge on any atom is 0.187 e. The van der Waals surface area contributed by atoms with Crippen molar-refractivity contribution < 1.29 is 49.6 Å². The molecule has 2 fully saturated rings. The maximum absolute atomic E-state index is 10.1. The zero-order valence-electron chi connectivity index (χ0n) is 12.8. The molecule has 10 atom stereocenters. The van der Waals surface area contributed by atoms with Crippen molar-refractivity contribution in [2.45, 2.75) is 68.3 Å². The molecule has 0 aromatic rings. The molecule has 2 rings (SSSR count). The predicted molar refractivity (Wildman–Crippen MR) is 72.0 cm³/mol. The molecule has 0 aromatic carbocycles. The van der Waals surface area contributed by atoms with Gasteiger partial charge in [0, 0.05) is 7.11 Å². The van der Waals surface area contributed by atoms with Crippen molar-refractivity contribution in [2.24, 2.45) is 0 Å². The molecule has 0 aliphatic carbocycles. The van der Waals surface area contributed by atoms with Crippen LogP contribution in [0.3, 0.4) is 0 Å². The van der Waals surface area contributed by atoms with Gasteiger partial charge in [-0.3, -0.25) is 0 Å². The van der Waals surface area contributed by atoms with Crippen LogP contribution in [-0.4, -0.2) is 106 Å². The molecule has 2 heterocycles. The molecule has 0 unspecified atom stereocenters. The number of methoxy groups -OCH3 is 1. The number of aliphatic hydroxyl groups is 6. The van der Waals surface area contributed by atoms with Crippen molar-refractivity contribution >= 4 is 0 Å². The summed E-state index contributed by atoms with van der Waals surface area (Å²) in [4.78, 5) is 0. The van der Waals surface area contributed by atoms with E-state index in [1.807, 2.05) is 0 Å². The van der Waals surface area contributed by atoms with Gasteiger partial charge in [-0.05, 0) is 6.92 Å². The molecule has 6 N–H and O–H groups in total. The number of hydrogen-bond donors (Lipinski definition) is 6. The Labute approximate surface area is 132 Å². The summed E-state index contributed by atoms with van der Waals surface area (Å²) in [6.07, 6.45) is -12.8. The molecule has 136 valence electrons. The largest absolute Gasteiger partial charge is 0.394 e. The Morgan fingerprint density at radius 3 is 2.09 bits per heavy atom. The molecule has 2 aliphatic heterocycles. The molecule has 0 radical (unpaired) electrons. The fourth-order valence-electron chi connectivity index (χ4n) is 2.76. The Morgan fingerprint density at radius 2 is 1.52 bits per heavy atom. The molecule has 10 nitrogen and oxygen atoms in total. The van der Waals surface area contributed by atoms with Gasteiger partial charge in [-0.25, -0.2) is 0 Å². The van der Waals surface area contributed by atoms with E-state index in [1.54, 1.807) is 6.92 Å². The van der Waals surface area contributed by atoms with Gasteiger partial charge in [0.15, 0.2) is 12.6 Å². The Bertz CT molecular complexity index is 382.